The Kier molecular flexibility index (Phi) is 6.61. The van der Waals surface area contributed by atoms with Gasteiger partial charge >= 0.3 is 0 Å². The first-order valence-electron chi connectivity index (χ1n) is 9.22. The third-order valence-corrected chi connectivity index (χ3v) is 4.33. The van der Waals surface area contributed by atoms with Crippen molar-refractivity contribution < 1.29 is 14.3 Å². The highest BCUT2D eigenvalue weighted by Gasteiger charge is 2.21. The number of ether oxygens (including phenoxy) is 2. The first-order chi connectivity index (χ1) is 14.1. The molecule has 3 rings (SSSR count). The molecule has 29 heavy (non-hydrogen) atoms. The molecule has 0 aliphatic carbocycles. The van der Waals surface area contributed by atoms with E-state index in [2.05, 4.69) is 16.5 Å². The number of benzene rings is 2. The van der Waals surface area contributed by atoms with Gasteiger partial charge < -0.3 is 14.8 Å². The quantitative estimate of drug-likeness (QED) is 0.638. The van der Waals surface area contributed by atoms with E-state index in [1.54, 1.807) is 25.4 Å². The lowest BCUT2D eigenvalue weighted by atomic mass is 10.1. The fourth-order valence-electron chi connectivity index (χ4n) is 2.79. The molecule has 1 atom stereocenters. The minimum atomic E-state index is -0.870. The second kappa shape index (κ2) is 9.53. The number of aromatic nitrogens is 2. The molecule has 0 aliphatic rings. The lowest BCUT2D eigenvalue weighted by Crippen LogP contribution is -2.34. The van der Waals surface area contributed by atoms with Gasteiger partial charge in [0.25, 0.3) is 5.91 Å². The van der Waals surface area contributed by atoms with Gasteiger partial charge in [0, 0.05) is 24.9 Å². The van der Waals surface area contributed by atoms with Gasteiger partial charge in [-0.3, -0.25) is 4.79 Å². The van der Waals surface area contributed by atoms with Gasteiger partial charge in [-0.25, -0.2) is 4.68 Å². The number of nitriles is 1. The molecule has 0 saturated carbocycles. The normalized spacial score (nSPS) is 11.5. The average Bonchev–Trinajstić information content (AvgIpc) is 3.26. The van der Waals surface area contributed by atoms with Crippen molar-refractivity contribution in [2.45, 2.75) is 19.7 Å². The number of methoxy groups -OCH3 is 1. The number of hydrogen-bond donors (Lipinski definition) is 1. The molecule has 0 aliphatic heterocycles. The molecule has 2 aromatic carbocycles. The van der Waals surface area contributed by atoms with Gasteiger partial charge in [0.15, 0.2) is 0 Å². The number of hydrogen-bond acceptors (Lipinski definition) is 5. The van der Waals surface area contributed by atoms with Gasteiger partial charge in [-0.05, 0) is 55.0 Å². The van der Waals surface area contributed by atoms with Crippen LogP contribution in [0.3, 0.4) is 0 Å². The Bertz CT molecular complexity index is 988. The Hall–Kier alpha value is -3.63. The van der Waals surface area contributed by atoms with Crippen LogP contribution in [0.5, 0.6) is 5.75 Å². The number of carbonyl (C=O) groups is 1. The summed E-state index contributed by atoms with van der Waals surface area (Å²) in [5.74, 6) is 0.475. The maximum atomic E-state index is 12.7. The highest BCUT2D eigenvalue weighted by atomic mass is 16.5. The van der Waals surface area contributed by atoms with E-state index < -0.39 is 6.23 Å². The summed E-state index contributed by atoms with van der Waals surface area (Å²) in [4.78, 5) is 12.7. The van der Waals surface area contributed by atoms with E-state index in [1.807, 2.05) is 49.4 Å². The zero-order valence-electron chi connectivity index (χ0n) is 16.3. The predicted molar refractivity (Wildman–Crippen MR) is 108 cm³/mol. The topological polar surface area (TPSA) is 89.2 Å². The molecular weight excluding hydrogens is 368 g/mol. The standard InChI is InChI=1S/C22H22N4O3/c1-3-29-22(21(27)24-15-17-6-4-16(14-23)5-7-17)26-13-12-20(25-26)18-8-10-19(28-2)11-9-18/h4-13,22H,3,15H2,1-2H3,(H,24,27)/t22-/m0/s1. The molecule has 1 heterocycles. The minimum Gasteiger partial charge on any atom is -0.497 e. The van der Waals surface area contributed by atoms with Crippen LogP contribution in [0.1, 0.15) is 24.3 Å². The van der Waals surface area contributed by atoms with Crippen molar-refractivity contribution in [2.24, 2.45) is 0 Å². The summed E-state index contributed by atoms with van der Waals surface area (Å²) in [5.41, 5.74) is 3.12. The summed E-state index contributed by atoms with van der Waals surface area (Å²) in [7, 11) is 1.62. The number of nitrogens with zero attached hydrogens (tertiary/aromatic N) is 3. The largest absolute Gasteiger partial charge is 0.497 e. The average molecular weight is 390 g/mol. The Labute approximate surface area is 169 Å². The van der Waals surface area contributed by atoms with Crippen molar-refractivity contribution in [1.82, 2.24) is 15.1 Å². The molecule has 1 aromatic heterocycles. The van der Waals surface area contributed by atoms with Crippen molar-refractivity contribution in [3.05, 3.63) is 71.9 Å². The Morgan fingerprint density at radius 2 is 1.90 bits per heavy atom. The molecule has 0 bridgehead atoms. The molecule has 0 spiro atoms. The van der Waals surface area contributed by atoms with E-state index >= 15 is 0 Å². The molecule has 3 aromatic rings. The molecule has 148 valence electrons. The maximum Gasteiger partial charge on any atom is 0.272 e. The minimum absolute atomic E-state index is 0.291. The van der Waals surface area contributed by atoms with E-state index in [9.17, 15) is 4.79 Å². The Balaban J connectivity index is 1.70. The summed E-state index contributed by atoms with van der Waals surface area (Å²) in [6, 6.07) is 18.5. The molecule has 0 saturated heterocycles. The second-order valence-corrected chi connectivity index (χ2v) is 6.24. The zero-order chi connectivity index (χ0) is 20.6. The van der Waals surface area contributed by atoms with Gasteiger partial charge in [-0.2, -0.15) is 10.4 Å². The predicted octanol–water partition coefficient (Wildman–Crippen LogP) is 3.28. The van der Waals surface area contributed by atoms with E-state index in [4.69, 9.17) is 14.7 Å². The van der Waals surface area contributed by atoms with Crippen LogP contribution in [0.15, 0.2) is 60.8 Å². The highest BCUT2D eigenvalue weighted by molar-refractivity contribution is 5.79. The van der Waals surface area contributed by atoms with Crippen molar-refractivity contribution >= 4 is 5.91 Å². The number of amides is 1. The van der Waals surface area contributed by atoms with Crippen LogP contribution in [0.25, 0.3) is 11.3 Å². The molecular formula is C22H22N4O3. The number of carbonyl (C=O) groups excluding carboxylic acids is 1. The van der Waals surface area contributed by atoms with Crippen molar-refractivity contribution in [2.75, 3.05) is 13.7 Å². The number of nitrogens with one attached hydrogen (secondary N) is 1. The van der Waals surface area contributed by atoms with Crippen LogP contribution in [0.4, 0.5) is 0 Å². The van der Waals surface area contributed by atoms with E-state index in [-0.39, 0.29) is 5.91 Å². The fraction of sp³-hybridized carbons (Fsp3) is 0.227. The van der Waals surface area contributed by atoms with Gasteiger partial charge in [0.05, 0.1) is 24.4 Å². The van der Waals surface area contributed by atoms with Gasteiger partial charge in [-0.15, -0.1) is 0 Å². The van der Waals surface area contributed by atoms with Crippen LogP contribution in [0, 0.1) is 11.3 Å². The molecule has 1 N–H and O–H groups in total. The molecule has 1 amide bonds. The van der Waals surface area contributed by atoms with Crippen LogP contribution >= 0.6 is 0 Å². The Morgan fingerprint density at radius 1 is 1.17 bits per heavy atom. The third kappa shape index (κ3) is 5.00. The van der Waals surface area contributed by atoms with Crippen LogP contribution < -0.4 is 10.1 Å². The van der Waals surface area contributed by atoms with E-state index in [1.165, 1.54) is 4.68 Å². The van der Waals surface area contributed by atoms with Crippen LogP contribution in [0.2, 0.25) is 0 Å². The summed E-state index contributed by atoms with van der Waals surface area (Å²) in [6.45, 7) is 2.53. The molecule has 7 nitrogen and oxygen atoms in total. The molecule has 0 radical (unpaired) electrons. The fourth-order valence-corrected chi connectivity index (χ4v) is 2.79. The van der Waals surface area contributed by atoms with Gasteiger partial charge in [0.1, 0.15) is 5.75 Å². The zero-order valence-corrected chi connectivity index (χ0v) is 16.3. The monoisotopic (exact) mass is 390 g/mol. The smallest absolute Gasteiger partial charge is 0.272 e. The first kappa shape index (κ1) is 20.1. The first-order valence-corrected chi connectivity index (χ1v) is 9.22. The lowest BCUT2D eigenvalue weighted by molar-refractivity contribution is -0.139. The summed E-state index contributed by atoms with van der Waals surface area (Å²) >= 11 is 0. The SMILES string of the molecule is CCO[C@@H](C(=O)NCc1ccc(C#N)cc1)n1ccc(-c2ccc(OC)cc2)n1. The van der Waals surface area contributed by atoms with E-state index in [0.717, 1.165) is 22.6 Å². The van der Waals surface area contributed by atoms with Crippen molar-refractivity contribution in [3.63, 3.8) is 0 Å². The second-order valence-electron chi connectivity index (χ2n) is 6.24. The summed E-state index contributed by atoms with van der Waals surface area (Å²) in [5, 5.41) is 16.2. The number of rotatable bonds is 8. The molecule has 7 heteroatoms. The highest BCUT2D eigenvalue weighted by Crippen LogP contribution is 2.22. The maximum absolute atomic E-state index is 12.7. The summed E-state index contributed by atoms with van der Waals surface area (Å²) in [6.07, 6.45) is 0.853. The summed E-state index contributed by atoms with van der Waals surface area (Å²) < 4.78 is 12.3. The molecule has 0 fully saturated rings. The van der Waals surface area contributed by atoms with Gasteiger partial charge in [-0.1, -0.05) is 12.1 Å². The third-order valence-electron chi connectivity index (χ3n) is 4.33. The van der Waals surface area contributed by atoms with Crippen molar-refractivity contribution in [1.29, 1.82) is 5.26 Å². The lowest BCUT2D eigenvalue weighted by Gasteiger charge is -2.17. The van der Waals surface area contributed by atoms with Crippen LogP contribution in [-0.2, 0) is 16.1 Å². The van der Waals surface area contributed by atoms with Crippen molar-refractivity contribution in [3.8, 4) is 23.1 Å². The van der Waals surface area contributed by atoms with E-state index in [0.29, 0.717) is 18.7 Å². The Morgan fingerprint density at radius 3 is 2.52 bits per heavy atom. The van der Waals surface area contributed by atoms with Gasteiger partial charge in [0.2, 0.25) is 6.23 Å². The molecule has 0 unspecified atom stereocenters. The van der Waals surface area contributed by atoms with Crippen LogP contribution in [-0.4, -0.2) is 29.4 Å².